The van der Waals surface area contributed by atoms with E-state index in [0.717, 1.165) is 25.0 Å². The van der Waals surface area contributed by atoms with E-state index in [1.165, 1.54) is 24.0 Å². The second-order valence-electron chi connectivity index (χ2n) is 6.36. The molecule has 0 bridgehead atoms. The highest BCUT2D eigenvalue weighted by Crippen LogP contribution is 2.36. The molecule has 1 N–H and O–H groups in total. The second-order valence-corrected chi connectivity index (χ2v) is 6.36. The lowest BCUT2D eigenvalue weighted by molar-refractivity contribution is 0.199. The molecule has 2 aliphatic rings. The fourth-order valence-electron chi connectivity index (χ4n) is 3.10. The third-order valence-corrected chi connectivity index (χ3v) is 4.37. The first kappa shape index (κ1) is 13.5. The van der Waals surface area contributed by atoms with Crippen LogP contribution in [0.2, 0.25) is 0 Å². The summed E-state index contributed by atoms with van der Waals surface area (Å²) < 4.78 is 6.13. The number of nitrogens with one attached hydrogen (secondary N) is 1. The van der Waals surface area contributed by atoms with Crippen LogP contribution in [0.4, 0.5) is 0 Å². The monoisotopic (exact) mass is 270 g/mol. The molecule has 0 saturated heterocycles. The quantitative estimate of drug-likeness (QED) is 0.913. The van der Waals surface area contributed by atoms with E-state index in [2.05, 4.69) is 37.4 Å². The Hall–Kier alpha value is -1.53. The van der Waals surface area contributed by atoms with Crippen LogP contribution in [0.25, 0.3) is 0 Å². The van der Waals surface area contributed by atoms with Crippen molar-refractivity contribution in [3.63, 3.8) is 0 Å². The molecule has 1 aromatic carbocycles. The van der Waals surface area contributed by atoms with Crippen molar-refractivity contribution in [1.29, 1.82) is 5.26 Å². The van der Waals surface area contributed by atoms with Crippen LogP contribution in [0, 0.1) is 25.2 Å². The standard InChI is InChI=1S/C17H22N2O/c1-12-3-6-16(13(2)9-12)20-15-7-8-17(10-15,11-18)19-14-4-5-14/h3,6,9,14-15,19H,4-5,7-8,10H2,1-2H3. The molecule has 1 aromatic rings. The Morgan fingerprint density at radius 2 is 2.10 bits per heavy atom. The van der Waals surface area contributed by atoms with Crippen molar-refractivity contribution in [2.75, 3.05) is 0 Å². The Kier molecular flexibility index (Phi) is 3.43. The first-order valence-corrected chi connectivity index (χ1v) is 7.53. The number of nitrogens with zero attached hydrogens (tertiary/aromatic N) is 1. The van der Waals surface area contributed by atoms with Gasteiger partial charge in [-0.2, -0.15) is 5.26 Å². The maximum atomic E-state index is 9.50. The van der Waals surface area contributed by atoms with Gasteiger partial charge in [0.2, 0.25) is 0 Å². The molecule has 2 saturated carbocycles. The van der Waals surface area contributed by atoms with Gasteiger partial charge < -0.3 is 4.74 Å². The number of hydrogen-bond donors (Lipinski definition) is 1. The summed E-state index contributed by atoms with van der Waals surface area (Å²) in [6.45, 7) is 4.17. The van der Waals surface area contributed by atoms with Gasteiger partial charge in [0.1, 0.15) is 17.4 Å². The Balaban J connectivity index is 1.66. The second kappa shape index (κ2) is 5.10. The van der Waals surface area contributed by atoms with E-state index in [0.29, 0.717) is 6.04 Å². The van der Waals surface area contributed by atoms with Gasteiger partial charge in [-0.1, -0.05) is 17.7 Å². The molecule has 3 nitrogen and oxygen atoms in total. The molecule has 2 atom stereocenters. The Bertz CT molecular complexity index is 544. The van der Waals surface area contributed by atoms with Crippen LogP contribution in [0.3, 0.4) is 0 Å². The number of hydrogen-bond acceptors (Lipinski definition) is 3. The lowest BCUT2D eigenvalue weighted by Crippen LogP contribution is -2.43. The van der Waals surface area contributed by atoms with Gasteiger partial charge in [0.05, 0.1) is 6.07 Å². The molecular weight excluding hydrogens is 248 g/mol. The summed E-state index contributed by atoms with van der Waals surface area (Å²) >= 11 is 0. The zero-order chi connectivity index (χ0) is 14.2. The maximum Gasteiger partial charge on any atom is 0.122 e. The third kappa shape index (κ3) is 2.81. The van der Waals surface area contributed by atoms with Crippen LogP contribution >= 0.6 is 0 Å². The molecule has 2 unspecified atom stereocenters. The predicted octanol–water partition coefficient (Wildman–Crippen LogP) is 3.25. The third-order valence-electron chi connectivity index (χ3n) is 4.37. The van der Waals surface area contributed by atoms with Crippen molar-refractivity contribution in [3.8, 4) is 11.8 Å². The fourth-order valence-corrected chi connectivity index (χ4v) is 3.10. The average Bonchev–Trinajstić information content (AvgIpc) is 3.13. The van der Waals surface area contributed by atoms with E-state index in [-0.39, 0.29) is 11.6 Å². The minimum Gasteiger partial charge on any atom is -0.490 e. The van der Waals surface area contributed by atoms with E-state index in [1.54, 1.807) is 0 Å². The lowest BCUT2D eigenvalue weighted by atomic mass is 9.99. The van der Waals surface area contributed by atoms with Gasteiger partial charge in [0.15, 0.2) is 0 Å². The smallest absolute Gasteiger partial charge is 0.122 e. The zero-order valence-electron chi connectivity index (χ0n) is 12.3. The summed E-state index contributed by atoms with van der Waals surface area (Å²) in [6.07, 6.45) is 5.24. The van der Waals surface area contributed by atoms with Crippen molar-refractivity contribution < 1.29 is 4.74 Å². The van der Waals surface area contributed by atoms with E-state index in [1.807, 2.05) is 6.07 Å². The van der Waals surface area contributed by atoms with Gasteiger partial charge >= 0.3 is 0 Å². The van der Waals surface area contributed by atoms with E-state index in [9.17, 15) is 5.26 Å². The van der Waals surface area contributed by atoms with Crippen LogP contribution in [-0.4, -0.2) is 17.7 Å². The highest BCUT2D eigenvalue weighted by Gasteiger charge is 2.43. The normalized spacial score (nSPS) is 29.1. The van der Waals surface area contributed by atoms with Gasteiger partial charge in [-0.25, -0.2) is 0 Å². The lowest BCUT2D eigenvalue weighted by Gasteiger charge is -2.23. The average molecular weight is 270 g/mol. The molecule has 0 heterocycles. The molecule has 0 spiro atoms. The van der Waals surface area contributed by atoms with Crippen molar-refractivity contribution >= 4 is 0 Å². The Labute approximate surface area is 120 Å². The van der Waals surface area contributed by atoms with Crippen LogP contribution in [0.5, 0.6) is 5.75 Å². The topological polar surface area (TPSA) is 45.0 Å². The van der Waals surface area contributed by atoms with Crippen LogP contribution in [-0.2, 0) is 0 Å². The van der Waals surface area contributed by atoms with Gasteiger partial charge in [-0.05, 0) is 51.2 Å². The summed E-state index contributed by atoms with van der Waals surface area (Å²) in [5, 5.41) is 13.0. The first-order chi connectivity index (χ1) is 9.60. The number of benzene rings is 1. The number of aryl methyl sites for hydroxylation is 2. The number of ether oxygens (including phenoxy) is 1. The van der Waals surface area contributed by atoms with Gasteiger partial charge in [-0.3, -0.25) is 5.32 Å². The molecule has 106 valence electrons. The molecule has 2 aliphatic carbocycles. The summed E-state index contributed by atoms with van der Waals surface area (Å²) in [5.41, 5.74) is 2.07. The number of rotatable bonds is 4. The van der Waals surface area contributed by atoms with Crippen molar-refractivity contribution in [3.05, 3.63) is 29.3 Å². The summed E-state index contributed by atoms with van der Waals surface area (Å²) in [4.78, 5) is 0. The predicted molar refractivity (Wildman–Crippen MR) is 78.7 cm³/mol. The Morgan fingerprint density at radius 1 is 1.30 bits per heavy atom. The first-order valence-electron chi connectivity index (χ1n) is 7.53. The zero-order valence-corrected chi connectivity index (χ0v) is 12.3. The summed E-state index contributed by atoms with van der Waals surface area (Å²) in [7, 11) is 0. The van der Waals surface area contributed by atoms with Gasteiger partial charge in [0.25, 0.3) is 0 Å². The summed E-state index contributed by atoms with van der Waals surface area (Å²) in [5.74, 6) is 0.959. The molecular formula is C17H22N2O. The number of nitriles is 1. The molecule has 2 fully saturated rings. The molecule has 0 aliphatic heterocycles. The Morgan fingerprint density at radius 3 is 2.75 bits per heavy atom. The molecule has 20 heavy (non-hydrogen) atoms. The van der Waals surface area contributed by atoms with E-state index in [4.69, 9.17) is 4.74 Å². The van der Waals surface area contributed by atoms with Gasteiger partial charge in [-0.15, -0.1) is 0 Å². The SMILES string of the molecule is Cc1ccc(OC2CCC(C#N)(NC3CC3)C2)c(C)c1. The maximum absolute atomic E-state index is 9.50. The fraction of sp³-hybridized carbons (Fsp3) is 0.588. The minimum absolute atomic E-state index is 0.155. The highest BCUT2D eigenvalue weighted by molar-refractivity contribution is 5.36. The van der Waals surface area contributed by atoms with Crippen LogP contribution in [0.15, 0.2) is 18.2 Å². The minimum atomic E-state index is -0.357. The molecule has 3 rings (SSSR count). The molecule has 0 aromatic heterocycles. The largest absolute Gasteiger partial charge is 0.490 e. The van der Waals surface area contributed by atoms with Gasteiger partial charge in [0, 0.05) is 12.5 Å². The van der Waals surface area contributed by atoms with E-state index >= 15 is 0 Å². The van der Waals surface area contributed by atoms with Crippen LogP contribution < -0.4 is 10.1 Å². The molecule has 3 heteroatoms. The van der Waals surface area contributed by atoms with Crippen molar-refractivity contribution in [2.24, 2.45) is 0 Å². The summed E-state index contributed by atoms with van der Waals surface area (Å²) in [6, 6.07) is 9.33. The van der Waals surface area contributed by atoms with Crippen molar-refractivity contribution in [1.82, 2.24) is 5.32 Å². The molecule has 0 amide bonds. The highest BCUT2D eigenvalue weighted by atomic mass is 16.5. The van der Waals surface area contributed by atoms with Crippen molar-refractivity contribution in [2.45, 2.75) is 63.6 Å². The van der Waals surface area contributed by atoms with Crippen LogP contribution in [0.1, 0.15) is 43.2 Å². The molecule has 0 radical (unpaired) electrons. The van der Waals surface area contributed by atoms with E-state index < -0.39 is 0 Å².